The topological polar surface area (TPSA) is 49.7 Å². The number of likely N-dealkylation sites (tertiary alicyclic amines) is 1. The lowest BCUT2D eigenvalue weighted by molar-refractivity contribution is 0.132. The number of nitrogens with zero attached hydrogens (tertiary/aromatic N) is 2. The van der Waals surface area contributed by atoms with Gasteiger partial charge in [-0.2, -0.15) is 8.42 Å². The van der Waals surface area contributed by atoms with Crippen LogP contribution in [0.1, 0.15) is 45.6 Å². The molecule has 2 bridgehead atoms. The Morgan fingerprint density at radius 2 is 1.57 bits per heavy atom. The highest BCUT2D eigenvalue weighted by Crippen LogP contribution is 2.52. The third kappa shape index (κ3) is 3.72. The molecule has 2 unspecified atom stereocenters. The first-order chi connectivity index (χ1) is 13.2. The van der Waals surface area contributed by atoms with Crippen molar-refractivity contribution in [2.45, 2.75) is 51.0 Å². The summed E-state index contributed by atoms with van der Waals surface area (Å²) >= 11 is 0. The second-order valence-electron chi connectivity index (χ2n) is 9.41. The number of fused-ring (bicyclic) bond motifs is 2. The van der Waals surface area contributed by atoms with Crippen molar-refractivity contribution in [1.82, 2.24) is 4.90 Å². The molecular formula is C23H28N2O2S. The van der Waals surface area contributed by atoms with Crippen LogP contribution >= 0.6 is 0 Å². The Morgan fingerprint density at radius 3 is 2.21 bits per heavy atom. The Morgan fingerprint density at radius 1 is 0.964 bits per heavy atom. The fourth-order valence-corrected chi connectivity index (χ4v) is 6.37. The Bertz CT molecular complexity index is 984. The summed E-state index contributed by atoms with van der Waals surface area (Å²) in [5.74, 6) is 0.580. The van der Waals surface area contributed by atoms with Crippen molar-refractivity contribution >= 4 is 15.9 Å². The normalized spacial score (nSPS) is 27.0. The fraction of sp³-hybridized carbons (Fsp3) is 0.435. The molecule has 1 aliphatic heterocycles. The van der Waals surface area contributed by atoms with E-state index in [-0.39, 0.29) is 15.7 Å². The molecule has 1 saturated carbocycles. The molecule has 0 spiro atoms. The highest BCUT2D eigenvalue weighted by Gasteiger charge is 2.50. The maximum atomic E-state index is 13.1. The predicted octanol–water partition coefficient (Wildman–Crippen LogP) is 4.72. The quantitative estimate of drug-likeness (QED) is 0.557. The molecule has 2 fully saturated rings. The maximum Gasteiger partial charge on any atom is 0.284 e. The lowest BCUT2D eigenvalue weighted by Gasteiger charge is -2.39. The molecule has 2 aromatic rings. The Balaban J connectivity index is 1.80. The first kappa shape index (κ1) is 19.2. The van der Waals surface area contributed by atoms with E-state index in [1.807, 2.05) is 36.4 Å². The van der Waals surface area contributed by atoms with Gasteiger partial charge in [-0.1, -0.05) is 69.3 Å². The van der Waals surface area contributed by atoms with Gasteiger partial charge in [-0.05, 0) is 42.2 Å². The number of hydrogen-bond donors (Lipinski definition) is 0. The van der Waals surface area contributed by atoms with Gasteiger partial charge in [-0.15, -0.1) is 4.40 Å². The first-order valence-corrected chi connectivity index (χ1v) is 11.3. The minimum atomic E-state index is -3.78. The van der Waals surface area contributed by atoms with Crippen molar-refractivity contribution < 1.29 is 8.42 Å². The van der Waals surface area contributed by atoms with Crippen LogP contribution in [0.25, 0.3) is 0 Å². The fourth-order valence-electron chi connectivity index (χ4n) is 5.32. The van der Waals surface area contributed by atoms with E-state index in [9.17, 15) is 8.42 Å². The van der Waals surface area contributed by atoms with E-state index in [4.69, 9.17) is 0 Å². The molecule has 2 atom stereocenters. The Labute approximate surface area is 168 Å². The second-order valence-corrected chi connectivity index (χ2v) is 11.0. The van der Waals surface area contributed by atoms with Crippen molar-refractivity contribution in [2.75, 3.05) is 6.54 Å². The average Bonchev–Trinajstić information content (AvgIpc) is 2.90. The summed E-state index contributed by atoms with van der Waals surface area (Å²) in [6, 6.07) is 18.5. The van der Waals surface area contributed by atoms with Crippen LogP contribution in [0.5, 0.6) is 0 Å². The van der Waals surface area contributed by atoms with E-state index < -0.39 is 10.0 Å². The van der Waals surface area contributed by atoms with Gasteiger partial charge >= 0.3 is 0 Å². The zero-order valence-corrected chi connectivity index (χ0v) is 17.6. The van der Waals surface area contributed by atoms with E-state index >= 15 is 0 Å². The number of rotatable bonds is 3. The Kier molecular flexibility index (Phi) is 4.61. The molecule has 1 saturated heterocycles. The zero-order chi connectivity index (χ0) is 20.0. The average molecular weight is 397 g/mol. The summed E-state index contributed by atoms with van der Waals surface area (Å²) in [7, 11) is -3.78. The maximum absolute atomic E-state index is 13.1. The van der Waals surface area contributed by atoms with Gasteiger partial charge in [0.25, 0.3) is 10.0 Å². The lowest BCUT2D eigenvalue weighted by Crippen LogP contribution is -2.38. The largest absolute Gasteiger partial charge is 0.352 e. The summed E-state index contributed by atoms with van der Waals surface area (Å²) < 4.78 is 30.5. The molecule has 0 aromatic heterocycles. The summed E-state index contributed by atoms with van der Waals surface area (Å²) in [5, 5.41) is 0. The number of benzene rings is 2. The van der Waals surface area contributed by atoms with Crippen molar-refractivity contribution in [1.29, 1.82) is 0 Å². The van der Waals surface area contributed by atoms with Crippen molar-refractivity contribution in [2.24, 2.45) is 15.2 Å². The molecule has 28 heavy (non-hydrogen) atoms. The van der Waals surface area contributed by atoms with E-state index in [2.05, 4.69) is 30.1 Å². The Hall–Kier alpha value is -2.14. The molecule has 2 aromatic carbocycles. The molecule has 4 nitrogen and oxygen atoms in total. The van der Waals surface area contributed by atoms with Gasteiger partial charge in [0.2, 0.25) is 0 Å². The van der Waals surface area contributed by atoms with Gasteiger partial charge in [-0.25, -0.2) is 0 Å². The van der Waals surface area contributed by atoms with E-state index in [0.29, 0.717) is 11.9 Å². The lowest BCUT2D eigenvalue weighted by atomic mass is 9.65. The molecule has 2 aliphatic rings. The van der Waals surface area contributed by atoms with Gasteiger partial charge in [0.05, 0.1) is 4.90 Å². The predicted molar refractivity (Wildman–Crippen MR) is 113 cm³/mol. The smallest absolute Gasteiger partial charge is 0.284 e. The van der Waals surface area contributed by atoms with Crippen LogP contribution < -0.4 is 0 Å². The zero-order valence-electron chi connectivity index (χ0n) is 16.8. The molecule has 0 N–H and O–H groups in total. The SMILES string of the molecule is CC1(C)CC2CC(C)(CN2/C(=N/S(=O)(=O)c2ccccc2)c2ccccc2)C1. The second kappa shape index (κ2) is 6.73. The van der Waals surface area contributed by atoms with Crippen LogP contribution in [0.15, 0.2) is 70.0 Å². The van der Waals surface area contributed by atoms with Crippen molar-refractivity contribution in [3.05, 3.63) is 66.2 Å². The summed E-state index contributed by atoms with van der Waals surface area (Å²) in [6.07, 6.45) is 3.30. The first-order valence-electron chi connectivity index (χ1n) is 9.90. The van der Waals surface area contributed by atoms with Crippen LogP contribution in [-0.4, -0.2) is 31.7 Å². The molecule has 1 aliphatic carbocycles. The van der Waals surface area contributed by atoms with Crippen molar-refractivity contribution in [3.8, 4) is 0 Å². The van der Waals surface area contributed by atoms with Crippen LogP contribution in [0.2, 0.25) is 0 Å². The van der Waals surface area contributed by atoms with Gasteiger partial charge in [-0.3, -0.25) is 0 Å². The molecular weight excluding hydrogens is 368 g/mol. The van der Waals surface area contributed by atoms with Crippen LogP contribution in [0, 0.1) is 10.8 Å². The number of sulfonamides is 1. The molecule has 0 radical (unpaired) electrons. The van der Waals surface area contributed by atoms with Crippen LogP contribution in [0.4, 0.5) is 0 Å². The number of hydrogen-bond acceptors (Lipinski definition) is 2. The minimum Gasteiger partial charge on any atom is -0.352 e. The summed E-state index contributed by atoms with van der Waals surface area (Å²) in [5.41, 5.74) is 1.31. The highest BCUT2D eigenvalue weighted by molar-refractivity contribution is 7.90. The van der Waals surface area contributed by atoms with E-state index in [1.54, 1.807) is 24.3 Å². The van der Waals surface area contributed by atoms with Gasteiger partial charge in [0.15, 0.2) is 0 Å². The molecule has 1 heterocycles. The van der Waals surface area contributed by atoms with Gasteiger partial charge in [0.1, 0.15) is 5.84 Å². The monoisotopic (exact) mass is 396 g/mol. The third-order valence-corrected chi connectivity index (χ3v) is 7.25. The summed E-state index contributed by atoms with van der Waals surface area (Å²) in [6.45, 7) is 7.82. The van der Waals surface area contributed by atoms with E-state index in [1.165, 1.54) is 0 Å². The summed E-state index contributed by atoms with van der Waals surface area (Å²) in [4.78, 5) is 2.49. The molecule has 148 valence electrons. The van der Waals surface area contributed by atoms with Crippen LogP contribution in [0.3, 0.4) is 0 Å². The van der Waals surface area contributed by atoms with Gasteiger partial charge in [0, 0.05) is 18.2 Å². The minimum absolute atomic E-state index is 0.193. The molecule has 5 heteroatoms. The molecule has 0 amide bonds. The standard InChI is InChI=1S/C23H28N2O2S/c1-22(2)14-19-15-23(3,16-22)17-25(19)21(18-10-6-4-7-11-18)24-28(26,27)20-12-8-5-9-13-20/h4-13,19H,14-17H2,1-3H3/b24-21+. The number of amidine groups is 1. The van der Waals surface area contributed by atoms with Crippen LogP contribution in [-0.2, 0) is 10.0 Å². The van der Waals surface area contributed by atoms with Crippen molar-refractivity contribution in [3.63, 3.8) is 0 Å². The molecule has 4 rings (SSSR count). The van der Waals surface area contributed by atoms with E-state index in [0.717, 1.165) is 31.4 Å². The highest BCUT2D eigenvalue weighted by atomic mass is 32.2. The third-order valence-electron chi connectivity index (χ3n) is 5.97. The van der Waals surface area contributed by atoms with Gasteiger partial charge < -0.3 is 4.90 Å².